The van der Waals surface area contributed by atoms with E-state index in [1.54, 1.807) is 18.1 Å². The molecule has 1 aromatic heterocycles. The maximum absolute atomic E-state index is 13.0. The third-order valence-corrected chi connectivity index (χ3v) is 6.59. The minimum absolute atomic E-state index is 0.00378. The van der Waals surface area contributed by atoms with E-state index in [9.17, 15) is 9.59 Å². The van der Waals surface area contributed by atoms with E-state index in [0.717, 1.165) is 41.0 Å². The number of ketones is 1. The fraction of sp³-hybridized carbons (Fsp3) is 0.333. The van der Waals surface area contributed by atoms with Gasteiger partial charge in [0.15, 0.2) is 5.78 Å². The van der Waals surface area contributed by atoms with E-state index in [2.05, 4.69) is 10.3 Å². The molecule has 3 atom stereocenters. The summed E-state index contributed by atoms with van der Waals surface area (Å²) >= 11 is 0. The molecule has 0 bridgehead atoms. The summed E-state index contributed by atoms with van der Waals surface area (Å²) in [5, 5.41) is 3.24. The second kappa shape index (κ2) is 8.99. The van der Waals surface area contributed by atoms with Crippen LogP contribution >= 0.6 is 0 Å². The highest BCUT2D eigenvalue weighted by molar-refractivity contribution is 6.01. The molecule has 7 nitrogen and oxygen atoms in total. The number of aromatic nitrogens is 2. The number of fused-ring (bicyclic) bond motifs is 3. The van der Waals surface area contributed by atoms with Gasteiger partial charge in [-0.2, -0.15) is 0 Å². The van der Waals surface area contributed by atoms with Gasteiger partial charge in [-0.1, -0.05) is 18.2 Å². The zero-order chi connectivity index (χ0) is 23.8. The molecule has 1 amide bonds. The third-order valence-electron chi connectivity index (χ3n) is 6.59. The van der Waals surface area contributed by atoms with Crippen molar-refractivity contribution < 1.29 is 14.3 Å². The van der Waals surface area contributed by atoms with Crippen LogP contribution in [0.5, 0.6) is 0 Å². The Hall–Kier alpha value is -3.58. The summed E-state index contributed by atoms with van der Waals surface area (Å²) in [6.45, 7) is 4.05. The van der Waals surface area contributed by atoms with E-state index in [1.165, 1.54) is 0 Å². The number of hydrogen-bond acceptors (Lipinski definition) is 6. The molecule has 2 aliphatic rings. The molecule has 0 aliphatic carbocycles. The second-order valence-electron chi connectivity index (χ2n) is 9.21. The van der Waals surface area contributed by atoms with Gasteiger partial charge in [-0.15, -0.1) is 0 Å². The molecule has 1 unspecified atom stereocenters. The molecule has 0 spiro atoms. The molecule has 2 aliphatic heterocycles. The topological polar surface area (TPSA) is 84.4 Å². The SMILES string of the molecule is C[C@@H]1CC(C(=O)c2ccc(Nc3ncc4c(n3)-c3ccccc3N(C)C(=O)C4)cc2)C[C@H](C)O1. The minimum Gasteiger partial charge on any atom is -0.376 e. The van der Waals surface area contributed by atoms with Gasteiger partial charge >= 0.3 is 0 Å². The Bertz CT molecular complexity index is 1230. The number of anilines is 3. The summed E-state index contributed by atoms with van der Waals surface area (Å²) in [5.74, 6) is 0.604. The molecule has 1 N–H and O–H groups in total. The number of nitrogens with zero attached hydrogens (tertiary/aromatic N) is 3. The van der Waals surface area contributed by atoms with Crippen LogP contribution in [0.3, 0.4) is 0 Å². The van der Waals surface area contributed by atoms with Crippen molar-refractivity contribution >= 4 is 29.0 Å². The molecule has 0 radical (unpaired) electrons. The number of nitrogens with one attached hydrogen (secondary N) is 1. The fourth-order valence-corrected chi connectivity index (χ4v) is 4.91. The summed E-state index contributed by atoms with van der Waals surface area (Å²) in [7, 11) is 1.78. The molecule has 7 heteroatoms. The highest BCUT2D eigenvalue weighted by Crippen LogP contribution is 2.35. The van der Waals surface area contributed by atoms with Crippen LogP contribution in [0, 0.1) is 5.92 Å². The van der Waals surface area contributed by atoms with E-state index in [1.807, 2.05) is 62.4 Å². The van der Waals surface area contributed by atoms with Crippen molar-refractivity contribution in [2.75, 3.05) is 17.3 Å². The molecule has 2 aromatic carbocycles. The van der Waals surface area contributed by atoms with Gasteiger partial charge in [-0.3, -0.25) is 9.59 Å². The molecule has 3 heterocycles. The predicted octanol–water partition coefficient (Wildman–Crippen LogP) is 4.79. The third kappa shape index (κ3) is 4.31. The zero-order valence-corrected chi connectivity index (χ0v) is 19.6. The van der Waals surface area contributed by atoms with Gasteiger partial charge in [-0.25, -0.2) is 9.97 Å². The van der Waals surface area contributed by atoms with Crippen LogP contribution in [0.25, 0.3) is 11.3 Å². The molecule has 3 aromatic rings. The lowest BCUT2D eigenvalue weighted by Crippen LogP contribution is -2.33. The number of para-hydroxylation sites is 1. The number of likely N-dealkylation sites (N-methyl/N-ethyl adjacent to an activating group) is 1. The van der Waals surface area contributed by atoms with Crippen molar-refractivity contribution in [3.05, 3.63) is 65.9 Å². The van der Waals surface area contributed by atoms with Crippen molar-refractivity contribution in [2.45, 2.75) is 45.3 Å². The first kappa shape index (κ1) is 22.2. The summed E-state index contributed by atoms with van der Waals surface area (Å²) in [6, 6.07) is 15.2. The van der Waals surface area contributed by atoms with Crippen LogP contribution in [0.1, 0.15) is 42.6 Å². The van der Waals surface area contributed by atoms with Crippen molar-refractivity contribution in [1.82, 2.24) is 9.97 Å². The summed E-state index contributed by atoms with van der Waals surface area (Å²) in [5.41, 5.74) is 4.77. The number of hydrogen-bond donors (Lipinski definition) is 1. The van der Waals surface area contributed by atoms with E-state index in [-0.39, 0.29) is 36.2 Å². The standard InChI is InChI=1S/C27H28N4O3/c1-16-12-19(13-17(2)34-16)26(33)18-8-10-21(11-9-18)29-27-28-15-20-14-24(32)31(3)23-7-5-4-6-22(23)25(20)30-27/h4-11,15-17,19H,12-14H2,1-3H3,(H,28,29,30)/t16-,17+,19?. The average Bonchev–Trinajstić information content (AvgIpc) is 2.93. The summed E-state index contributed by atoms with van der Waals surface area (Å²) in [6.07, 6.45) is 3.68. The number of carbonyl (C=O) groups excluding carboxylic acids is 2. The Kier molecular flexibility index (Phi) is 5.87. The Labute approximate surface area is 199 Å². The van der Waals surface area contributed by atoms with Crippen LogP contribution in [0.15, 0.2) is 54.7 Å². The lowest BCUT2D eigenvalue weighted by molar-refractivity contribution is -0.117. The Morgan fingerprint density at radius 3 is 2.50 bits per heavy atom. The molecule has 1 fully saturated rings. The highest BCUT2D eigenvalue weighted by Gasteiger charge is 2.30. The number of amides is 1. The normalized spacial score (nSPS) is 21.9. The van der Waals surface area contributed by atoms with Crippen LogP contribution in [-0.4, -0.2) is 40.9 Å². The lowest BCUT2D eigenvalue weighted by Gasteiger charge is -2.31. The highest BCUT2D eigenvalue weighted by atomic mass is 16.5. The van der Waals surface area contributed by atoms with Crippen molar-refractivity contribution in [2.24, 2.45) is 5.92 Å². The van der Waals surface area contributed by atoms with Crippen LogP contribution in [0.4, 0.5) is 17.3 Å². The van der Waals surface area contributed by atoms with Gasteiger partial charge in [0.05, 0.1) is 30.0 Å². The molecule has 174 valence electrons. The average molecular weight is 457 g/mol. The number of Topliss-reactive ketones (excluding diaryl/α,β-unsaturated/α-hetero) is 1. The van der Waals surface area contributed by atoms with Gasteiger partial charge < -0.3 is 15.0 Å². The number of carbonyl (C=O) groups is 2. The van der Waals surface area contributed by atoms with Crippen LogP contribution in [-0.2, 0) is 16.0 Å². The first-order chi connectivity index (χ1) is 16.4. The van der Waals surface area contributed by atoms with Crippen molar-refractivity contribution in [1.29, 1.82) is 0 Å². The molecular weight excluding hydrogens is 428 g/mol. The summed E-state index contributed by atoms with van der Waals surface area (Å²) in [4.78, 5) is 36.4. The smallest absolute Gasteiger partial charge is 0.231 e. The molecule has 0 saturated carbocycles. The van der Waals surface area contributed by atoms with Crippen molar-refractivity contribution in [3.63, 3.8) is 0 Å². The van der Waals surface area contributed by atoms with Gasteiger partial charge in [0.25, 0.3) is 0 Å². The maximum atomic E-state index is 13.0. The van der Waals surface area contributed by atoms with Gasteiger partial charge in [0.1, 0.15) is 0 Å². The second-order valence-corrected chi connectivity index (χ2v) is 9.21. The van der Waals surface area contributed by atoms with Crippen LogP contribution in [0.2, 0.25) is 0 Å². The van der Waals surface area contributed by atoms with E-state index < -0.39 is 0 Å². The zero-order valence-electron chi connectivity index (χ0n) is 19.6. The first-order valence-corrected chi connectivity index (χ1v) is 11.7. The molecule has 1 saturated heterocycles. The Balaban J connectivity index is 1.37. The summed E-state index contributed by atoms with van der Waals surface area (Å²) < 4.78 is 5.77. The van der Waals surface area contributed by atoms with E-state index in [0.29, 0.717) is 11.5 Å². The Morgan fingerprint density at radius 2 is 1.76 bits per heavy atom. The number of rotatable bonds is 4. The van der Waals surface area contributed by atoms with Crippen molar-refractivity contribution in [3.8, 4) is 11.3 Å². The van der Waals surface area contributed by atoms with E-state index in [4.69, 9.17) is 9.72 Å². The van der Waals surface area contributed by atoms with Gasteiger partial charge in [0.2, 0.25) is 11.9 Å². The molecular formula is C27H28N4O3. The van der Waals surface area contributed by atoms with Crippen LogP contribution < -0.4 is 10.2 Å². The molecule has 5 rings (SSSR count). The lowest BCUT2D eigenvalue weighted by atomic mass is 9.86. The Morgan fingerprint density at radius 1 is 1.06 bits per heavy atom. The fourth-order valence-electron chi connectivity index (χ4n) is 4.91. The minimum atomic E-state index is -0.00798. The molecule has 34 heavy (non-hydrogen) atoms. The van der Waals surface area contributed by atoms with E-state index >= 15 is 0 Å². The maximum Gasteiger partial charge on any atom is 0.231 e. The van der Waals surface area contributed by atoms with Gasteiger partial charge in [0, 0.05) is 41.5 Å². The number of ether oxygens (including phenoxy) is 1. The largest absolute Gasteiger partial charge is 0.376 e. The number of benzene rings is 2. The monoisotopic (exact) mass is 456 g/mol. The quantitative estimate of drug-likeness (QED) is 0.568. The predicted molar refractivity (Wildman–Crippen MR) is 131 cm³/mol. The first-order valence-electron chi connectivity index (χ1n) is 11.7. The van der Waals surface area contributed by atoms with Gasteiger partial charge in [-0.05, 0) is 57.0 Å².